The molecule has 0 radical (unpaired) electrons. The van der Waals surface area contributed by atoms with E-state index in [0.29, 0.717) is 5.69 Å². The van der Waals surface area contributed by atoms with Gasteiger partial charge >= 0.3 is 5.97 Å². The molecule has 0 atom stereocenters. The molecule has 1 rings (SSSR count). The number of hydrogen-bond donors (Lipinski definition) is 3. The lowest BCUT2D eigenvalue weighted by Crippen LogP contribution is -2.43. The molecule has 0 bridgehead atoms. The van der Waals surface area contributed by atoms with Crippen molar-refractivity contribution in [2.24, 2.45) is 0 Å². The van der Waals surface area contributed by atoms with Crippen LogP contribution in [0, 0.1) is 6.92 Å². The van der Waals surface area contributed by atoms with E-state index >= 15 is 0 Å². The number of carboxylic acid groups (broad SMARTS) is 1. The second kappa shape index (κ2) is 5.07. The maximum atomic E-state index is 12.1. The van der Waals surface area contributed by atoms with Gasteiger partial charge in [0.1, 0.15) is 4.90 Å². The van der Waals surface area contributed by atoms with Crippen molar-refractivity contribution in [1.82, 2.24) is 14.9 Å². The quantitative estimate of drug-likeness (QED) is 0.705. The Morgan fingerprint density at radius 2 is 2.17 bits per heavy atom. The van der Waals surface area contributed by atoms with Crippen LogP contribution in [0.25, 0.3) is 0 Å². The minimum Gasteiger partial charge on any atom is -0.481 e. The maximum absolute atomic E-state index is 12.1. The summed E-state index contributed by atoms with van der Waals surface area (Å²) >= 11 is 0. The third-order valence-corrected chi connectivity index (χ3v) is 4.26. The van der Waals surface area contributed by atoms with Crippen LogP contribution in [-0.2, 0) is 14.8 Å². The SMILES string of the molecule is Cc1[nH]ncc1S(=O)(=O)NC(C)(C)CCC(=O)O. The number of H-pyrrole nitrogens is 1. The van der Waals surface area contributed by atoms with Gasteiger partial charge in [-0.15, -0.1) is 0 Å². The molecule has 18 heavy (non-hydrogen) atoms. The van der Waals surface area contributed by atoms with E-state index in [1.54, 1.807) is 20.8 Å². The zero-order chi connectivity index (χ0) is 14.0. The highest BCUT2D eigenvalue weighted by Gasteiger charge is 2.28. The van der Waals surface area contributed by atoms with Crippen molar-refractivity contribution in [3.8, 4) is 0 Å². The summed E-state index contributed by atoms with van der Waals surface area (Å²) in [5.41, 5.74) is -0.391. The van der Waals surface area contributed by atoms with Gasteiger partial charge in [-0.05, 0) is 27.2 Å². The van der Waals surface area contributed by atoms with Gasteiger partial charge in [0.2, 0.25) is 10.0 Å². The Labute approximate surface area is 106 Å². The molecular formula is C10H17N3O4S. The Bertz CT molecular complexity index is 533. The first kappa shape index (κ1) is 14.7. The molecule has 3 N–H and O–H groups in total. The van der Waals surface area contributed by atoms with Crippen LogP contribution in [-0.4, -0.2) is 35.2 Å². The van der Waals surface area contributed by atoms with Crippen LogP contribution in [0.4, 0.5) is 0 Å². The van der Waals surface area contributed by atoms with Crippen LogP contribution in [0.5, 0.6) is 0 Å². The summed E-state index contributed by atoms with van der Waals surface area (Å²) in [5.74, 6) is -0.957. The van der Waals surface area contributed by atoms with Crippen LogP contribution >= 0.6 is 0 Å². The van der Waals surface area contributed by atoms with Crippen molar-refractivity contribution in [2.45, 2.75) is 44.0 Å². The monoisotopic (exact) mass is 275 g/mol. The second-order valence-electron chi connectivity index (χ2n) is 4.74. The molecule has 7 nitrogen and oxygen atoms in total. The van der Waals surface area contributed by atoms with Crippen LogP contribution in [0.2, 0.25) is 0 Å². The number of carbonyl (C=O) groups is 1. The number of sulfonamides is 1. The van der Waals surface area contributed by atoms with Gasteiger partial charge < -0.3 is 5.11 Å². The molecule has 0 amide bonds. The van der Waals surface area contributed by atoms with Crippen molar-refractivity contribution in [3.63, 3.8) is 0 Å². The first-order valence-electron chi connectivity index (χ1n) is 5.40. The average molecular weight is 275 g/mol. The highest BCUT2D eigenvalue weighted by atomic mass is 32.2. The molecule has 1 heterocycles. The third kappa shape index (κ3) is 3.81. The number of nitrogens with one attached hydrogen (secondary N) is 2. The number of aromatic amines is 1. The Kier molecular flexibility index (Phi) is 4.12. The first-order chi connectivity index (χ1) is 8.14. The molecule has 1 aromatic heterocycles. The second-order valence-corrected chi connectivity index (χ2v) is 6.39. The van der Waals surface area contributed by atoms with E-state index in [0.717, 1.165) is 0 Å². The molecule has 1 aromatic rings. The lowest BCUT2D eigenvalue weighted by Gasteiger charge is -2.25. The lowest BCUT2D eigenvalue weighted by atomic mass is 10.0. The van der Waals surface area contributed by atoms with Crippen LogP contribution in [0.1, 0.15) is 32.4 Å². The number of carboxylic acids is 1. The Hall–Kier alpha value is -1.41. The highest BCUT2D eigenvalue weighted by Crippen LogP contribution is 2.18. The first-order valence-corrected chi connectivity index (χ1v) is 6.88. The Morgan fingerprint density at radius 3 is 2.61 bits per heavy atom. The smallest absolute Gasteiger partial charge is 0.303 e. The van der Waals surface area contributed by atoms with E-state index in [2.05, 4.69) is 14.9 Å². The zero-order valence-corrected chi connectivity index (χ0v) is 11.3. The summed E-state index contributed by atoms with van der Waals surface area (Å²) in [6, 6.07) is 0. The molecule has 8 heteroatoms. The van der Waals surface area contributed by atoms with Crippen LogP contribution in [0.3, 0.4) is 0 Å². The van der Waals surface area contributed by atoms with Gasteiger partial charge in [0.15, 0.2) is 0 Å². The number of rotatable bonds is 6. The number of aromatic nitrogens is 2. The third-order valence-electron chi connectivity index (χ3n) is 2.45. The predicted molar refractivity (Wildman–Crippen MR) is 64.6 cm³/mol. The lowest BCUT2D eigenvalue weighted by molar-refractivity contribution is -0.137. The van der Waals surface area contributed by atoms with E-state index in [1.165, 1.54) is 6.20 Å². The van der Waals surface area contributed by atoms with Gasteiger partial charge in [0, 0.05) is 12.0 Å². The van der Waals surface area contributed by atoms with E-state index in [1.807, 2.05) is 0 Å². The summed E-state index contributed by atoms with van der Waals surface area (Å²) in [5, 5.41) is 14.8. The molecule has 102 valence electrons. The van der Waals surface area contributed by atoms with Crippen molar-refractivity contribution in [2.75, 3.05) is 0 Å². The minimum atomic E-state index is -3.69. The molecule has 0 spiro atoms. The molecule has 0 saturated heterocycles. The topological polar surface area (TPSA) is 112 Å². The average Bonchev–Trinajstić information content (AvgIpc) is 2.61. The Morgan fingerprint density at radius 1 is 1.56 bits per heavy atom. The fourth-order valence-corrected chi connectivity index (χ4v) is 3.08. The molecule has 0 aliphatic rings. The molecule has 0 aliphatic carbocycles. The fraction of sp³-hybridized carbons (Fsp3) is 0.600. The summed E-state index contributed by atoms with van der Waals surface area (Å²) in [6.45, 7) is 4.89. The van der Waals surface area contributed by atoms with Crippen molar-refractivity contribution < 1.29 is 18.3 Å². The molecule has 0 unspecified atom stereocenters. The van der Waals surface area contributed by atoms with Crippen molar-refractivity contribution in [3.05, 3.63) is 11.9 Å². The number of aryl methyl sites for hydroxylation is 1. The van der Waals surface area contributed by atoms with Gasteiger partial charge in [-0.1, -0.05) is 0 Å². The molecular weight excluding hydrogens is 258 g/mol. The zero-order valence-electron chi connectivity index (χ0n) is 10.5. The van der Waals surface area contributed by atoms with Crippen molar-refractivity contribution >= 4 is 16.0 Å². The summed E-state index contributed by atoms with van der Waals surface area (Å²) in [6.07, 6.45) is 1.34. The molecule has 0 aromatic carbocycles. The van der Waals surface area contributed by atoms with Crippen LogP contribution in [0.15, 0.2) is 11.1 Å². The number of nitrogens with zero attached hydrogens (tertiary/aromatic N) is 1. The maximum Gasteiger partial charge on any atom is 0.303 e. The standard InChI is InChI=1S/C10H17N3O4S/c1-7-8(6-11-12-7)18(16,17)13-10(2,3)5-4-9(14)15/h6,13H,4-5H2,1-3H3,(H,11,12)(H,14,15). The van der Waals surface area contributed by atoms with Crippen molar-refractivity contribution in [1.29, 1.82) is 0 Å². The van der Waals surface area contributed by atoms with E-state index < -0.39 is 21.5 Å². The highest BCUT2D eigenvalue weighted by molar-refractivity contribution is 7.89. The number of aliphatic carboxylic acids is 1. The Balaban J connectivity index is 2.83. The summed E-state index contributed by atoms with van der Waals surface area (Å²) < 4.78 is 26.6. The van der Waals surface area contributed by atoms with E-state index in [-0.39, 0.29) is 17.7 Å². The van der Waals surface area contributed by atoms with Gasteiger partial charge in [0.05, 0.1) is 11.9 Å². The van der Waals surface area contributed by atoms with Gasteiger partial charge in [0.25, 0.3) is 0 Å². The van der Waals surface area contributed by atoms with Gasteiger partial charge in [-0.3, -0.25) is 9.89 Å². The van der Waals surface area contributed by atoms with Crippen LogP contribution < -0.4 is 4.72 Å². The molecule has 0 saturated carbocycles. The molecule has 0 aliphatic heterocycles. The summed E-state index contributed by atoms with van der Waals surface area (Å²) in [4.78, 5) is 10.6. The van der Waals surface area contributed by atoms with Gasteiger partial charge in [-0.25, -0.2) is 13.1 Å². The molecule has 0 fully saturated rings. The van der Waals surface area contributed by atoms with E-state index in [9.17, 15) is 13.2 Å². The normalized spacial score (nSPS) is 12.6. The fourth-order valence-electron chi connectivity index (χ4n) is 1.50. The largest absolute Gasteiger partial charge is 0.481 e. The number of hydrogen-bond acceptors (Lipinski definition) is 4. The van der Waals surface area contributed by atoms with E-state index in [4.69, 9.17) is 5.11 Å². The van der Waals surface area contributed by atoms with Gasteiger partial charge in [-0.2, -0.15) is 5.10 Å². The summed E-state index contributed by atoms with van der Waals surface area (Å²) in [7, 11) is -3.69. The predicted octanol–water partition coefficient (Wildman–Crippen LogP) is 0.640. The minimum absolute atomic E-state index is 0.0749.